The van der Waals surface area contributed by atoms with Gasteiger partial charge in [-0.05, 0) is 40.8 Å². The van der Waals surface area contributed by atoms with Crippen LogP contribution in [0.1, 0.15) is 27.2 Å². The van der Waals surface area contributed by atoms with Gasteiger partial charge in [-0.15, -0.1) is 0 Å². The van der Waals surface area contributed by atoms with Crippen LogP contribution in [-0.2, 0) is 0 Å². The fourth-order valence-corrected chi connectivity index (χ4v) is 1.09. The van der Waals surface area contributed by atoms with Crippen molar-refractivity contribution in [1.29, 1.82) is 0 Å². The number of nitrogens with one attached hydrogen (secondary N) is 2. The fraction of sp³-hybridized carbons (Fsp3) is 0.900. The molecule has 0 bridgehead atoms. The Balaban J connectivity index is 3.66. The van der Waals surface area contributed by atoms with E-state index in [1.54, 1.807) is 0 Å². The first-order chi connectivity index (χ1) is 7.11. The first-order valence-corrected chi connectivity index (χ1v) is 5.57. The summed E-state index contributed by atoms with van der Waals surface area (Å²) in [5.41, 5.74) is 2.54. The number of nitrogens with zero attached hydrogens (tertiary/aromatic N) is 2. The summed E-state index contributed by atoms with van der Waals surface area (Å²) in [6.45, 7) is 9.08. The molecule has 0 saturated heterocycles. The second-order valence-corrected chi connectivity index (χ2v) is 3.83. The first-order valence-electron chi connectivity index (χ1n) is 5.57. The molecule has 4 N–H and O–H groups in total. The molecule has 0 atom stereocenters. The van der Waals surface area contributed by atoms with Crippen LogP contribution < -0.4 is 16.6 Å². The molecule has 5 heteroatoms. The zero-order valence-electron chi connectivity index (χ0n) is 10.4. The highest BCUT2D eigenvalue weighted by atomic mass is 15.3. The van der Waals surface area contributed by atoms with Crippen molar-refractivity contribution in [2.75, 3.05) is 26.7 Å². The third kappa shape index (κ3) is 7.16. The van der Waals surface area contributed by atoms with E-state index in [1.807, 2.05) is 6.92 Å². The molecule has 0 aromatic heterocycles. The summed E-state index contributed by atoms with van der Waals surface area (Å²) in [5, 5.41) is 3.04. The maximum Gasteiger partial charge on any atom is 0.205 e. The molecular formula is C10H25N5. The van der Waals surface area contributed by atoms with Gasteiger partial charge in [0.05, 0.1) is 0 Å². The SMILES string of the molecule is CCNC(=NCCCN(C)C(C)C)NN. The monoisotopic (exact) mass is 215 g/mol. The Morgan fingerprint density at radius 2 is 2.13 bits per heavy atom. The quantitative estimate of drug-likeness (QED) is 0.194. The molecule has 0 aromatic rings. The average molecular weight is 215 g/mol. The minimum absolute atomic E-state index is 0.592. The van der Waals surface area contributed by atoms with Crippen LogP contribution in [0, 0.1) is 0 Å². The summed E-state index contributed by atoms with van der Waals surface area (Å²) >= 11 is 0. The van der Waals surface area contributed by atoms with Crippen LogP contribution in [0.3, 0.4) is 0 Å². The van der Waals surface area contributed by atoms with Crippen LogP contribution in [0.15, 0.2) is 4.99 Å². The van der Waals surface area contributed by atoms with Crippen molar-refractivity contribution in [2.45, 2.75) is 33.2 Å². The van der Waals surface area contributed by atoms with Gasteiger partial charge in [0.2, 0.25) is 5.96 Å². The lowest BCUT2D eigenvalue weighted by Gasteiger charge is -2.20. The lowest BCUT2D eigenvalue weighted by molar-refractivity contribution is 0.272. The topological polar surface area (TPSA) is 65.7 Å². The van der Waals surface area contributed by atoms with Crippen LogP contribution in [0.4, 0.5) is 0 Å². The van der Waals surface area contributed by atoms with Crippen molar-refractivity contribution in [1.82, 2.24) is 15.6 Å². The average Bonchev–Trinajstić information content (AvgIpc) is 2.22. The molecule has 0 radical (unpaired) electrons. The molecule has 0 aliphatic carbocycles. The van der Waals surface area contributed by atoms with Crippen LogP contribution >= 0.6 is 0 Å². The van der Waals surface area contributed by atoms with Gasteiger partial charge < -0.3 is 10.2 Å². The van der Waals surface area contributed by atoms with Gasteiger partial charge in [0, 0.05) is 19.1 Å². The highest BCUT2D eigenvalue weighted by molar-refractivity contribution is 5.78. The summed E-state index contributed by atoms with van der Waals surface area (Å²) in [7, 11) is 2.13. The lowest BCUT2D eigenvalue weighted by Crippen LogP contribution is -2.41. The predicted octanol–water partition coefficient (Wildman–Crippen LogP) is 0.146. The Morgan fingerprint density at radius 1 is 1.47 bits per heavy atom. The first kappa shape index (κ1) is 14.2. The molecule has 0 aliphatic heterocycles. The van der Waals surface area contributed by atoms with Gasteiger partial charge in [-0.3, -0.25) is 10.4 Å². The highest BCUT2D eigenvalue weighted by Crippen LogP contribution is 1.95. The molecule has 0 unspecified atom stereocenters. The van der Waals surface area contributed by atoms with Gasteiger partial charge >= 0.3 is 0 Å². The minimum Gasteiger partial charge on any atom is -0.356 e. The highest BCUT2D eigenvalue weighted by Gasteiger charge is 2.01. The van der Waals surface area contributed by atoms with Crippen LogP contribution in [0.2, 0.25) is 0 Å². The third-order valence-electron chi connectivity index (χ3n) is 2.30. The lowest BCUT2D eigenvalue weighted by atomic mass is 10.3. The van der Waals surface area contributed by atoms with Crippen molar-refractivity contribution in [2.24, 2.45) is 10.8 Å². The van der Waals surface area contributed by atoms with Gasteiger partial charge in [0.1, 0.15) is 0 Å². The molecule has 0 aliphatic rings. The second-order valence-electron chi connectivity index (χ2n) is 3.83. The Bertz CT molecular complexity index is 179. The molecule has 90 valence electrons. The molecule has 0 aromatic carbocycles. The Hall–Kier alpha value is -0.810. The standard InChI is InChI=1S/C10H25N5/c1-5-12-10(14-11)13-7-6-8-15(4)9(2)3/h9H,5-8,11H2,1-4H3,(H2,12,13,14). The Morgan fingerprint density at radius 3 is 2.60 bits per heavy atom. The van der Waals surface area contributed by atoms with Gasteiger partial charge in [0.25, 0.3) is 0 Å². The molecule has 0 spiro atoms. The Kier molecular flexibility index (Phi) is 8.04. The normalized spacial score (nSPS) is 12.3. The van der Waals surface area contributed by atoms with Gasteiger partial charge in [-0.1, -0.05) is 0 Å². The molecule has 0 fully saturated rings. The molecular weight excluding hydrogens is 190 g/mol. The van der Waals surface area contributed by atoms with E-state index >= 15 is 0 Å². The van der Waals surface area contributed by atoms with Gasteiger partial charge in [-0.25, -0.2) is 5.84 Å². The van der Waals surface area contributed by atoms with E-state index < -0.39 is 0 Å². The van der Waals surface area contributed by atoms with Crippen molar-refractivity contribution in [3.8, 4) is 0 Å². The summed E-state index contributed by atoms with van der Waals surface area (Å²) in [6, 6.07) is 0.592. The number of hydrogen-bond acceptors (Lipinski definition) is 3. The van der Waals surface area contributed by atoms with E-state index in [9.17, 15) is 0 Å². The minimum atomic E-state index is 0.592. The van der Waals surface area contributed by atoms with Gasteiger partial charge in [-0.2, -0.15) is 0 Å². The van der Waals surface area contributed by atoms with E-state index in [4.69, 9.17) is 5.84 Å². The van der Waals surface area contributed by atoms with Gasteiger partial charge in [0.15, 0.2) is 0 Å². The van der Waals surface area contributed by atoms with Crippen molar-refractivity contribution in [3.05, 3.63) is 0 Å². The van der Waals surface area contributed by atoms with E-state index in [0.717, 1.165) is 26.1 Å². The number of nitrogens with two attached hydrogens (primary N) is 1. The van der Waals surface area contributed by atoms with E-state index in [2.05, 4.69) is 41.5 Å². The molecule has 0 heterocycles. The summed E-state index contributed by atoms with van der Waals surface area (Å²) in [4.78, 5) is 6.61. The zero-order chi connectivity index (χ0) is 11.7. The van der Waals surface area contributed by atoms with Crippen molar-refractivity contribution < 1.29 is 0 Å². The number of aliphatic imine (C=N–C) groups is 1. The number of hydrogen-bond donors (Lipinski definition) is 3. The molecule has 0 rings (SSSR count). The van der Waals surface area contributed by atoms with E-state index in [0.29, 0.717) is 12.0 Å². The fourth-order valence-electron chi connectivity index (χ4n) is 1.09. The molecule has 0 amide bonds. The van der Waals surface area contributed by atoms with Crippen molar-refractivity contribution >= 4 is 5.96 Å². The maximum absolute atomic E-state index is 5.30. The summed E-state index contributed by atoms with van der Waals surface area (Å²) < 4.78 is 0. The predicted molar refractivity (Wildman–Crippen MR) is 65.7 cm³/mol. The van der Waals surface area contributed by atoms with Crippen molar-refractivity contribution in [3.63, 3.8) is 0 Å². The zero-order valence-corrected chi connectivity index (χ0v) is 10.4. The molecule has 5 nitrogen and oxygen atoms in total. The smallest absolute Gasteiger partial charge is 0.205 e. The third-order valence-corrected chi connectivity index (χ3v) is 2.30. The number of rotatable bonds is 6. The molecule has 15 heavy (non-hydrogen) atoms. The largest absolute Gasteiger partial charge is 0.356 e. The summed E-state index contributed by atoms with van der Waals surface area (Å²) in [5.74, 6) is 5.97. The van der Waals surface area contributed by atoms with Crippen LogP contribution in [0.25, 0.3) is 0 Å². The number of hydrazine groups is 1. The van der Waals surface area contributed by atoms with Crippen LogP contribution in [0.5, 0.6) is 0 Å². The Labute approximate surface area is 93.1 Å². The number of guanidine groups is 1. The maximum atomic E-state index is 5.30. The second kappa shape index (κ2) is 8.49. The molecule has 0 saturated carbocycles. The van der Waals surface area contributed by atoms with E-state index in [1.165, 1.54) is 0 Å². The summed E-state index contributed by atoms with van der Waals surface area (Å²) in [6.07, 6.45) is 1.05. The van der Waals surface area contributed by atoms with E-state index in [-0.39, 0.29) is 0 Å². The van der Waals surface area contributed by atoms with Crippen LogP contribution in [-0.4, -0.2) is 43.6 Å².